The van der Waals surface area contributed by atoms with Gasteiger partial charge in [0.25, 0.3) is 0 Å². The Hall–Kier alpha value is -2.89. The van der Waals surface area contributed by atoms with Crippen LogP contribution in [0.2, 0.25) is 0 Å². The lowest BCUT2D eigenvalue weighted by Crippen LogP contribution is -2.36. The third kappa shape index (κ3) is 3.79. The number of carbonyl (C=O) groups excluding carboxylic acids is 1. The molecule has 2 rings (SSSR count). The number of hydrogen-bond acceptors (Lipinski definition) is 3. The Morgan fingerprint density at radius 1 is 1.19 bits per heavy atom. The van der Waals surface area contributed by atoms with E-state index < -0.39 is 18.0 Å². The van der Waals surface area contributed by atoms with Crippen LogP contribution in [-0.2, 0) is 4.79 Å². The molecule has 6 nitrogen and oxygen atoms in total. The zero-order valence-corrected chi connectivity index (χ0v) is 11.4. The van der Waals surface area contributed by atoms with Gasteiger partial charge in [0.05, 0.1) is 11.9 Å². The number of carboxylic acids is 1. The summed E-state index contributed by atoms with van der Waals surface area (Å²) in [7, 11) is 0. The Morgan fingerprint density at radius 2 is 1.90 bits per heavy atom. The summed E-state index contributed by atoms with van der Waals surface area (Å²) in [5.74, 6) is -1.13. The molecular formula is C15H15N3O3. The number of anilines is 1. The third-order valence-electron chi connectivity index (χ3n) is 2.94. The number of pyridine rings is 1. The molecule has 0 fully saturated rings. The Balaban J connectivity index is 2.10. The molecule has 1 aromatic carbocycles. The Kier molecular flexibility index (Phi) is 4.50. The van der Waals surface area contributed by atoms with Crippen molar-refractivity contribution in [2.75, 3.05) is 5.32 Å². The highest BCUT2D eigenvalue weighted by atomic mass is 16.4. The number of carbonyl (C=O) groups is 2. The number of aromatic nitrogens is 1. The highest BCUT2D eigenvalue weighted by molar-refractivity contribution is 5.93. The smallest absolute Gasteiger partial charge is 0.330 e. The van der Waals surface area contributed by atoms with E-state index >= 15 is 0 Å². The summed E-state index contributed by atoms with van der Waals surface area (Å²) in [4.78, 5) is 27.2. The summed E-state index contributed by atoms with van der Waals surface area (Å²) >= 11 is 0. The van der Waals surface area contributed by atoms with Crippen LogP contribution in [0.4, 0.5) is 10.5 Å². The predicted octanol–water partition coefficient (Wildman–Crippen LogP) is 2.34. The first-order chi connectivity index (χ1) is 10.1. The zero-order valence-electron chi connectivity index (χ0n) is 11.4. The first-order valence-electron chi connectivity index (χ1n) is 6.34. The van der Waals surface area contributed by atoms with Gasteiger partial charge in [-0.1, -0.05) is 30.3 Å². The molecule has 21 heavy (non-hydrogen) atoms. The molecule has 0 unspecified atom stereocenters. The zero-order chi connectivity index (χ0) is 15.2. The van der Waals surface area contributed by atoms with Crippen molar-refractivity contribution in [2.45, 2.75) is 13.0 Å². The van der Waals surface area contributed by atoms with Gasteiger partial charge in [-0.25, -0.2) is 9.59 Å². The number of nitrogens with one attached hydrogen (secondary N) is 2. The van der Waals surface area contributed by atoms with Crippen LogP contribution in [-0.4, -0.2) is 22.1 Å². The van der Waals surface area contributed by atoms with Crippen molar-refractivity contribution in [3.63, 3.8) is 0 Å². The number of carboxylic acid groups (broad SMARTS) is 1. The van der Waals surface area contributed by atoms with Crippen molar-refractivity contribution in [3.8, 4) is 0 Å². The normalized spacial score (nSPS) is 11.5. The first kappa shape index (κ1) is 14.5. The number of urea groups is 1. The average Bonchev–Trinajstić information content (AvgIpc) is 2.48. The molecule has 108 valence electrons. The van der Waals surface area contributed by atoms with Crippen molar-refractivity contribution in [2.24, 2.45) is 0 Å². The van der Waals surface area contributed by atoms with E-state index in [2.05, 4.69) is 15.6 Å². The SMILES string of the molecule is Cc1ccncc1NC(=O)N[C@@H](C(=O)O)c1ccccc1. The van der Waals surface area contributed by atoms with Gasteiger partial charge in [0.15, 0.2) is 6.04 Å². The summed E-state index contributed by atoms with van der Waals surface area (Å²) in [6.07, 6.45) is 3.12. The monoisotopic (exact) mass is 285 g/mol. The molecule has 1 aromatic heterocycles. The number of benzene rings is 1. The second kappa shape index (κ2) is 6.51. The Bertz CT molecular complexity index is 644. The van der Waals surface area contributed by atoms with Gasteiger partial charge >= 0.3 is 12.0 Å². The topological polar surface area (TPSA) is 91.3 Å². The molecule has 2 aromatic rings. The van der Waals surface area contributed by atoms with Gasteiger partial charge in [-0.2, -0.15) is 0 Å². The van der Waals surface area contributed by atoms with Gasteiger partial charge < -0.3 is 15.7 Å². The van der Waals surface area contributed by atoms with Gasteiger partial charge in [0.1, 0.15) is 0 Å². The van der Waals surface area contributed by atoms with Crippen LogP contribution in [0.3, 0.4) is 0 Å². The standard InChI is InChI=1S/C15H15N3O3/c1-10-7-8-16-9-12(10)17-15(21)18-13(14(19)20)11-5-3-2-4-6-11/h2-9,13H,1H3,(H,19,20)(H2,17,18,21)/t13-/m1/s1. The van der Waals surface area contributed by atoms with E-state index in [0.717, 1.165) is 5.56 Å². The Labute approximate surface area is 121 Å². The lowest BCUT2D eigenvalue weighted by Gasteiger charge is -2.16. The van der Waals surface area contributed by atoms with E-state index in [1.807, 2.05) is 6.92 Å². The van der Waals surface area contributed by atoms with E-state index in [1.54, 1.807) is 42.6 Å². The summed E-state index contributed by atoms with van der Waals surface area (Å²) < 4.78 is 0. The minimum Gasteiger partial charge on any atom is -0.479 e. The number of hydrogen-bond donors (Lipinski definition) is 3. The van der Waals surface area contributed by atoms with E-state index in [9.17, 15) is 14.7 Å². The molecule has 2 amide bonds. The lowest BCUT2D eigenvalue weighted by molar-refractivity contribution is -0.139. The molecule has 1 heterocycles. The highest BCUT2D eigenvalue weighted by Gasteiger charge is 2.21. The van der Waals surface area contributed by atoms with Crippen molar-refractivity contribution in [1.29, 1.82) is 0 Å². The summed E-state index contributed by atoms with van der Waals surface area (Å²) in [5.41, 5.74) is 1.88. The van der Waals surface area contributed by atoms with Gasteiger partial charge in [0, 0.05) is 6.20 Å². The molecular weight excluding hydrogens is 270 g/mol. The molecule has 3 N–H and O–H groups in total. The first-order valence-corrected chi connectivity index (χ1v) is 6.34. The largest absolute Gasteiger partial charge is 0.479 e. The fourth-order valence-corrected chi connectivity index (χ4v) is 1.82. The van der Waals surface area contributed by atoms with Crippen LogP contribution < -0.4 is 10.6 Å². The average molecular weight is 285 g/mol. The van der Waals surface area contributed by atoms with E-state index in [4.69, 9.17) is 0 Å². The van der Waals surface area contributed by atoms with Crippen LogP contribution in [0.1, 0.15) is 17.2 Å². The fourth-order valence-electron chi connectivity index (χ4n) is 1.82. The second-order valence-corrected chi connectivity index (χ2v) is 4.47. The summed E-state index contributed by atoms with van der Waals surface area (Å²) in [6.45, 7) is 1.82. The molecule has 0 saturated heterocycles. The van der Waals surface area contributed by atoms with Crippen LogP contribution in [0.25, 0.3) is 0 Å². The minimum absolute atomic E-state index is 0.503. The third-order valence-corrected chi connectivity index (χ3v) is 2.94. The molecule has 0 saturated carbocycles. The highest BCUT2D eigenvalue weighted by Crippen LogP contribution is 2.14. The summed E-state index contributed by atoms with van der Waals surface area (Å²) in [5, 5.41) is 14.3. The quantitative estimate of drug-likeness (QED) is 0.804. The molecule has 1 atom stereocenters. The maximum absolute atomic E-state index is 11.9. The van der Waals surface area contributed by atoms with Gasteiger partial charge in [-0.3, -0.25) is 4.98 Å². The number of aryl methyl sites for hydroxylation is 1. The Morgan fingerprint density at radius 3 is 2.52 bits per heavy atom. The predicted molar refractivity (Wildman–Crippen MR) is 77.9 cm³/mol. The maximum Gasteiger partial charge on any atom is 0.330 e. The van der Waals surface area contributed by atoms with Gasteiger partial charge in [-0.05, 0) is 24.1 Å². The van der Waals surface area contributed by atoms with Crippen molar-refractivity contribution in [3.05, 3.63) is 59.9 Å². The van der Waals surface area contributed by atoms with Crippen LogP contribution in [0.5, 0.6) is 0 Å². The van der Waals surface area contributed by atoms with E-state index in [1.165, 1.54) is 6.20 Å². The molecule has 0 radical (unpaired) electrons. The molecule has 0 aliphatic heterocycles. The molecule has 0 spiro atoms. The van der Waals surface area contributed by atoms with Crippen LogP contribution in [0.15, 0.2) is 48.8 Å². The van der Waals surface area contributed by atoms with Gasteiger partial charge in [0.2, 0.25) is 0 Å². The number of rotatable bonds is 4. The van der Waals surface area contributed by atoms with Crippen molar-refractivity contribution >= 4 is 17.7 Å². The molecule has 0 bridgehead atoms. The van der Waals surface area contributed by atoms with Crippen molar-refractivity contribution < 1.29 is 14.7 Å². The van der Waals surface area contributed by atoms with Crippen molar-refractivity contribution in [1.82, 2.24) is 10.3 Å². The fraction of sp³-hybridized carbons (Fsp3) is 0.133. The maximum atomic E-state index is 11.9. The number of amides is 2. The number of nitrogens with zero attached hydrogens (tertiary/aromatic N) is 1. The molecule has 0 aliphatic carbocycles. The summed E-state index contributed by atoms with van der Waals surface area (Å²) in [6, 6.07) is 8.56. The van der Waals surface area contributed by atoms with Crippen LogP contribution >= 0.6 is 0 Å². The second-order valence-electron chi connectivity index (χ2n) is 4.47. The van der Waals surface area contributed by atoms with E-state index in [0.29, 0.717) is 11.3 Å². The number of aliphatic carboxylic acids is 1. The molecule has 0 aliphatic rings. The molecule has 6 heteroatoms. The van der Waals surface area contributed by atoms with E-state index in [-0.39, 0.29) is 0 Å². The van der Waals surface area contributed by atoms with Crippen LogP contribution in [0, 0.1) is 6.92 Å². The van der Waals surface area contributed by atoms with Gasteiger partial charge in [-0.15, -0.1) is 0 Å². The lowest BCUT2D eigenvalue weighted by atomic mass is 10.1. The minimum atomic E-state index is -1.13.